The third-order valence-electron chi connectivity index (χ3n) is 2.91. The minimum absolute atomic E-state index is 0.107. The van der Waals surface area contributed by atoms with Gasteiger partial charge in [-0.1, -0.05) is 36.7 Å². The van der Waals surface area contributed by atoms with Gasteiger partial charge in [0.05, 0.1) is 0 Å². The summed E-state index contributed by atoms with van der Waals surface area (Å²) in [5, 5.41) is 3.31. The van der Waals surface area contributed by atoms with Gasteiger partial charge in [-0.2, -0.15) is 0 Å². The lowest BCUT2D eigenvalue weighted by Gasteiger charge is -2.25. The van der Waals surface area contributed by atoms with Gasteiger partial charge in [0.1, 0.15) is 5.82 Å². The molecule has 3 heteroatoms. The fourth-order valence-corrected chi connectivity index (χ4v) is 2.29. The molecule has 1 aromatic rings. The van der Waals surface area contributed by atoms with Crippen LogP contribution in [0.4, 0.5) is 4.39 Å². The van der Waals surface area contributed by atoms with E-state index in [4.69, 9.17) is 0 Å². The topological polar surface area (TPSA) is 12.0 Å². The van der Waals surface area contributed by atoms with Crippen molar-refractivity contribution in [3.8, 4) is 0 Å². The molecule has 96 valence electrons. The zero-order valence-corrected chi connectivity index (χ0v) is 12.4. The predicted octanol–water partition coefficient (Wildman–Crippen LogP) is 4.16. The van der Waals surface area contributed by atoms with Crippen LogP contribution in [0.15, 0.2) is 22.7 Å². The van der Waals surface area contributed by atoms with E-state index in [1.54, 1.807) is 6.07 Å². The SMILES string of the molecule is CCNCCC(C)(C)Cc1cc(Br)ccc1F. The fraction of sp³-hybridized carbons (Fsp3) is 0.571. The van der Waals surface area contributed by atoms with Gasteiger partial charge in [0.15, 0.2) is 0 Å². The van der Waals surface area contributed by atoms with Crippen molar-refractivity contribution in [3.63, 3.8) is 0 Å². The van der Waals surface area contributed by atoms with E-state index >= 15 is 0 Å². The first-order chi connectivity index (χ1) is 7.94. The molecule has 0 heterocycles. The third-order valence-corrected chi connectivity index (χ3v) is 3.40. The maximum absolute atomic E-state index is 13.7. The second kappa shape index (κ2) is 6.50. The van der Waals surface area contributed by atoms with Gasteiger partial charge >= 0.3 is 0 Å². The summed E-state index contributed by atoms with van der Waals surface area (Å²) in [6.45, 7) is 8.44. The van der Waals surface area contributed by atoms with E-state index in [-0.39, 0.29) is 11.2 Å². The Kier molecular flexibility index (Phi) is 5.60. The molecule has 0 saturated heterocycles. The van der Waals surface area contributed by atoms with Gasteiger partial charge in [-0.05, 0) is 55.1 Å². The highest BCUT2D eigenvalue weighted by Crippen LogP contribution is 2.28. The minimum Gasteiger partial charge on any atom is -0.317 e. The van der Waals surface area contributed by atoms with Crippen LogP contribution in [0.25, 0.3) is 0 Å². The van der Waals surface area contributed by atoms with Crippen LogP contribution in [0.5, 0.6) is 0 Å². The highest BCUT2D eigenvalue weighted by Gasteiger charge is 2.20. The van der Waals surface area contributed by atoms with Crippen molar-refractivity contribution in [3.05, 3.63) is 34.1 Å². The molecule has 0 aliphatic rings. The van der Waals surface area contributed by atoms with Crippen LogP contribution in [0, 0.1) is 11.2 Å². The Hall–Kier alpha value is -0.410. The maximum Gasteiger partial charge on any atom is 0.126 e. The lowest BCUT2D eigenvalue weighted by molar-refractivity contribution is 0.322. The molecule has 0 spiro atoms. The van der Waals surface area contributed by atoms with Crippen molar-refractivity contribution in [2.45, 2.75) is 33.6 Å². The molecule has 0 radical (unpaired) electrons. The number of rotatable bonds is 6. The van der Waals surface area contributed by atoms with Crippen LogP contribution >= 0.6 is 15.9 Å². The van der Waals surface area contributed by atoms with E-state index in [1.165, 1.54) is 6.07 Å². The van der Waals surface area contributed by atoms with E-state index in [2.05, 4.69) is 42.0 Å². The summed E-state index contributed by atoms with van der Waals surface area (Å²) in [5.41, 5.74) is 0.907. The summed E-state index contributed by atoms with van der Waals surface area (Å²) in [4.78, 5) is 0. The molecule has 0 bridgehead atoms. The summed E-state index contributed by atoms with van der Waals surface area (Å²) in [7, 11) is 0. The number of nitrogens with one attached hydrogen (secondary N) is 1. The molecular weight excluding hydrogens is 281 g/mol. The van der Waals surface area contributed by atoms with Gasteiger partial charge in [-0.3, -0.25) is 0 Å². The van der Waals surface area contributed by atoms with Crippen LogP contribution in [0.3, 0.4) is 0 Å². The Labute approximate surface area is 112 Å². The van der Waals surface area contributed by atoms with Crippen molar-refractivity contribution >= 4 is 15.9 Å². The predicted molar refractivity (Wildman–Crippen MR) is 74.7 cm³/mol. The van der Waals surface area contributed by atoms with Crippen molar-refractivity contribution in [1.29, 1.82) is 0 Å². The summed E-state index contributed by atoms with van der Waals surface area (Å²) < 4.78 is 14.6. The monoisotopic (exact) mass is 301 g/mol. The standard InChI is InChI=1S/C14H21BrFN/c1-4-17-8-7-14(2,3)10-11-9-12(15)5-6-13(11)16/h5-6,9,17H,4,7-8,10H2,1-3H3. The lowest BCUT2D eigenvalue weighted by atomic mass is 9.82. The van der Waals surface area contributed by atoms with Gasteiger partial charge in [0.25, 0.3) is 0 Å². The highest BCUT2D eigenvalue weighted by molar-refractivity contribution is 9.10. The molecular formula is C14H21BrFN. The van der Waals surface area contributed by atoms with Crippen molar-refractivity contribution in [1.82, 2.24) is 5.32 Å². The summed E-state index contributed by atoms with van der Waals surface area (Å²) in [6, 6.07) is 5.15. The average molecular weight is 302 g/mol. The van der Waals surface area contributed by atoms with E-state index in [0.29, 0.717) is 0 Å². The highest BCUT2D eigenvalue weighted by atomic mass is 79.9. The van der Waals surface area contributed by atoms with Crippen molar-refractivity contribution < 1.29 is 4.39 Å². The molecule has 0 unspecified atom stereocenters. The number of hydrogen-bond acceptors (Lipinski definition) is 1. The Morgan fingerprint density at radius 1 is 1.35 bits per heavy atom. The molecule has 0 aromatic heterocycles. The molecule has 0 amide bonds. The van der Waals surface area contributed by atoms with Crippen LogP contribution in [-0.2, 0) is 6.42 Å². The molecule has 1 rings (SSSR count). The Morgan fingerprint density at radius 2 is 2.06 bits per heavy atom. The normalized spacial score (nSPS) is 11.8. The molecule has 0 aliphatic carbocycles. The maximum atomic E-state index is 13.7. The number of halogens is 2. The molecule has 17 heavy (non-hydrogen) atoms. The summed E-state index contributed by atoms with van der Waals surface area (Å²) in [6.07, 6.45) is 1.82. The molecule has 1 nitrogen and oxygen atoms in total. The Balaban J connectivity index is 2.65. The fourth-order valence-electron chi connectivity index (χ4n) is 1.89. The van der Waals surface area contributed by atoms with Crippen LogP contribution in [-0.4, -0.2) is 13.1 Å². The van der Waals surface area contributed by atoms with E-state index in [0.717, 1.165) is 36.0 Å². The number of benzene rings is 1. The number of hydrogen-bond donors (Lipinski definition) is 1. The average Bonchev–Trinajstić information content (AvgIpc) is 2.23. The first-order valence-electron chi connectivity index (χ1n) is 6.09. The molecule has 1 N–H and O–H groups in total. The van der Waals surface area contributed by atoms with Crippen LogP contribution in [0.2, 0.25) is 0 Å². The molecule has 0 fully saturated rings. The molecule has 0 atom stereocenters. The van der Waals surface area contributed by atoms with Gasteiger partial charge in [0.2, 0.25) is 0 Å². The smallest absolute Gasteiger partial charge is 0.126 e. The van der Waals surface area contributed by atoms with Gasteiger partial charge in [-0.25, -0.2) is 4.39 Å². The van der Waals surface area contributed by atoms with Crippen LogP contribution in [0.1, 0.15) is 32.8 Å². The van der Waals surface area contributed by atoms with Crippen molar-refractivity contribution in [2.75, 3.05) is 13.1 Å². The second-order valence-corrected chi connectivity index (χ2v) is 6.10. The molecule has 0 aliphatic heterocycles. The van der Waals surface area contributed by atoms with Gasteiger partial charge < -0.3 is 5.32 Å². The van der Waals surface area contributed by atoms with Crippen molar-refractivity contribution in [2.24, 2.45) is 5.41 Å². The van der Waals surface area contributed by atoms with E-state index in [9.17, 15) is 4.39 Å². The third kappa shape index (κ3) is 5.17. The van der Waals surface area contributed by atoms with E-state index in [1.807, 2.05) is 6.07 Å². The van der Waals surface area contributed by atoms with Gasteiger partial charge in [-0.15, -0.1) is 0 Å². The minimum atomic E-state index is -0.107. The second-order valence-electron chi connectivity index (χ2n) is 5.18. The quantitative estimate of drug-likeness (QED) is 0.778. The molecule has 1 aromatic carbocycles. The molecule has 0 saturated carbocycles. The van der Waals surface area contributed by atoms with E-state index < -0.39 is 0 Å². The first-order valence-corrected chi connectivity index (χ1v) is 6.88. The largest absolute Gasteiger partial charge is 0.317 e. The summed E-state index contributed by atoms with van der Waals surface area (Å²) >= 11 is 3.39. The first kappa shape index (κ1) is 14.7. The van der Waals surface area contributed by atoms with Gasteiger partial charge in [0, 0.05) is 4.47 Å². The van der Waals surface area contributed by atoms with Crippen LogP contribution < -0.4 is 5.32 Å². The zero-order chi connectivity index (χ0) is 12.9. The zero-order valence-electron chi connectivity index (χ0n) is 10.8. The lowest BCUT2D eigenvalue weighted by Crippen LogP contribution is -2.24. The Bertz CT molecular complexity index is 363. The summed E-state index contributed by atoms with van der Waals surface area (Å²) in [5.74, 6) is -0.107. The Morgan fingerprint density at radius 3 is 2.71 bits per heavy atom.